The molecule has 2 aliphatic rings. The first kappa shape index (κ1) is 35.1. The normalized spacial score (nSPS) is 17.0. The minimum Gasteiger partial charge on any atom is -0.871 e. The van der Waals surface area contributed by atoms with Gasteiger partial charge in [0.05, 0.1) is 22.2 Å². The van der Waals surface area contributed by atoms with E-state index in [1.165, 1.54) is 22.7 Å². The second-order valence-electron chi connectivity index (χ2n) is 13.5. The summed E-state index contributed by atoms with van der Waals surface area (Å²) in [5.41, 5.74) is 2.37. The molecule has 5 heterocycles. The predicted octanol–water partition coefficient (Wildman–Crippen LogP) is 6.67. The zero-order chi connectivity index (χ0) is 37.8. The Bertz CT molecular complexity index is 3230. The van der Waals surface area contributed by atoms with E-state index in [2.05, 4.69) is 13.8 Å². The number of hydrogen-bond acceptors (Lipinski definition) is 9. The van der Waals surface area contributed by atoms with Crippen molar-refractivity contribution < 1.29 is 19.1 Å². The highest BCUT2D eigenvalue weighted by molar-refractivity contribution is 7.13. The fraction of sp³-hybridized carbons (Fsp3) is 0.182. The summed E-state index contributed by atoms with van der Waals surface area (Å²) in [5, 5.41) is 13.7. The number of aromatic nitrogens is 1. The number of ketones is 1. The van der Waals surface area contributed by atoms with Crippen LogP contribution in [0.2, 0.25) is 0 Å². The van der Waals surface area contributed by atoms with Crippen molar-refractivity contribution in [3.8, 4) is 5.75 Å². The number of carbonyl (C=O) groups excluding carboxylic acids is 1. The summed E-state index contributed by atoms with van der Waals surface area (Å²) in [6, 6.07) is 27.0. The van der Waals surface area contributed by atoms with Crippen molar-refractivity contribution in [2.24, 2.45) is 0 Å². The average Bonchev–Trinajstić information content (AvgIpc) is 4.05. The van der Waals surface area contributed by atoms with Crippen LogP contribution in [-0.2, 0) is 11.3 Å². The summed E-state index contributed by atoms with van der Waals surface area (Å²) in [4.78, 5) is 42.1. The van der Waals surface area contributed by atoms with Gasteiger partial charge in [0.2, 0.25) is 16.7 Å². The van der Waals surface area contributed by atoms with Gasteiger partial charge < -0.3 is 14.7 Å². The number of anilines is 1. The molecule has 274 valence electrons. The number of Topliss-reactive ketones (excluding diaryl/α,β-unsaturated/α-hetero) is 1. The minimum absolute atomic E-state index is 0.134. The van der Waals surface area contributed by atoms with E-state index in [1.807, 2.05) is 94.4 Å². The predicted molar refractivity (Wildman–Crippen MR) is 217 cm³/mol. The second-order valence-corrected chi connectivity index (χ2v) is 16.8. The van der Waals surface area contributed by atoms with Crippen molar-refractivity contribution in [2.45, 2.75) is 46.1 Å². The highest BCUT2D eigenvalue weighted by atomic mass is 32.1. The summed E-state index contributed by atoms with van der Waals surface area (Å²) >= 11 is 4.40. The molecule has 1 aliphatic carbocycles. The lowest BCUT2D eigenvalue weighted by Crippen LogP contribution is -2.49. The summed E-state index contributed by atoms with van der Waals surface area (Å²) in [7, 11) is 0. The monoisotopic (exact) mass is 782 g/mol. The lowest BCUT2D eigenvalue weighted by atomic mass is 9.88. The van der Waals surface area contributed by atoms with E-state index >= 15 is 0 Å². The van der Waals surface area contributed by atoms with Gasteiger partial charge >= 0.3 is 11.5 Å². The van der Waals surface area contributed by atoms with Crippen LogP contribution in [-0.4, -0.2) is 16.9 Å². The van der Waals surface area contributed by atoms with E-state index in [0.29, 0.717) is 32.2 Å². The molecule has 0 fully saturated rings. The Balaban J connectivity index is 1.06. The fourth-order valence-corrected chi connectivity index (χ4v) is 10.3. The van der Waals surface area contributed by atoms with Crippen LogP contribution in [0.25, 0.3) is 22.7 Å². The van der Waals surface area contributed by atoms with Crippen LogP contribution >= 0.6 is 34.0 Å². The molecule has 0 saturated carbocycles. The van der Waals surface area contributed by atoms with E-state index in [9.17, 15) is 19.5 Å². The summed E-state index contributed by atoms with van der Waals surface area (Å²) in [6.45, 7) is 5.70. The standard InChI is InChI=1S/C44H34N2O6S3/c1-3-5-21-45-27-11-7-9-13-29(27)51-37(45)23-25-41(47)39(42(25)48)35-19-17-33(54-35)31-15-16-32(53-31)34-18-20-36(55-34)40-43(49)26(44(40)50)24-38-46(22-6-4-2)28-12-8-10-14-30(28)52-38/h7-20,23-24H,3-6,21-22H2,1-2H3. The van der Waals surface area contributed by atoms with Crippen molar-refractivity contribution in [2.75, 3.05) is 11.4 Å². The third-order valence-corrected chi connectivity index (χ3v) is 13.6. The number of aryl methyl sites for hydroxylation is 1. The third-order valence-electron chi connectivity index (χ3n) is 9.96. The Morgan fingerprint density at radius 2 is 1.31 bits per heavy atom. The van der Waals surface area contributed by atoms with Crippen LogP contribution in [0.3, 0.4) is 0 Å². The Morgan fingerprint density at radius 3 is 2.02 bits per heavy atom. The van der Waals surface area contributed by atoms with Crippen LogP contribution in [0, 0.1) is 27.9 Å². The summed E-state index contributed by atoms with van der Waals surface area (Å²) < 4.78 is 19.3. The molecule has 0 radical (unpaired) electrons. The Morgan fingerprint density at radius 1 is 0.709 bits per heavy atom. The molecule has 55 heavy (non-hydrogen) atoms. The van der Waals surface area contributed by atoms with Gasteiger partial charge in [-0.15, -0.1) is 34.0 Å². The van der Waals surface area contributed by atoms with Crippen LogP contribution in [0.15, 0.2) is 122 Å². The minimum atomic E-state index is -0.275. The van der Waals surface area contributed by atoms with E-state index in [1.54, 1.807) is 23.5 Å². The zero-order valence-electron chi connectivity index (χ0n) is 30.0. The zero-order valence-corrected chi connectivity index (χ0v) is 32.5. The maximum absolute atomic E-state index is 13.4. The molecule has 8 nitrogen and oxygen atoms in total. The molecule has 9 rings (SSSR count). The number of fused-ring (bicyclic) bond motifs is 2. The van der Waals surface area contributed by atoms with Crippen LogP contribution < -0.4 is 35.4 Å². The van der Waals surface area contributed by atoms with Gasteiger partial charge in [-0.2, -0.15) is 4.42 Å². The number of thiophene rings is 3. The maximum Gasteiger partial charge on any atom is 0.435 e. The smallest absolute Gasteiger partial charge is 0.435 e. The molecule has 4 aromatic heterocycles. The lowest BCUT2D eigenvalue weighted by molar-refractivity contribution is -0.295. The second kappa shape index (κ2) is 14.2. The number of benzene rings is 2. The van der Waals surface area contributed by atoms with Crippen molar-refractivity contribution in [3.63, 3.8) is 0 Å². The van der Waals surface area contributed by atoms with E-state index < -0.39 is 0 Å². The number of nitrogens with zero attached hydrogens (tertiary/aromatic N) is 2. The molecule has 7 aromatic rings. The number of para-hydroxylation sites is 4. The van der Waals surface area contributed by atoms with E-state index in [0.717, 1.165) is 68.1 Å². The highest BCUT2D eigenvalue weighted by Crippen LogP contribution is 2.40. The largest absolute Gasteiger partial charge is 0.871 e. The van der Waals surface area contributed by atoms with Gasteiger partial charge in [-0.25, -0.2) is 0 Å². The Labute approximate surface area is 325 Å². The maximum atomic E-state index is 13.4. The van der Waals surface area contributed by atoms with E-state index in [4.69, 9.17) is 9.15 Å². The number of unbranched alkanes of at least 4 members (excludes halogenated alkanes) is 2. The van der Waals surface area contributed by atoms with Gasteiger partial charge in [0, 0.05) is 63.6 Å². The number of allylic oxidation sites excluding steroid dienone is 3. The molecule has 0 amide bonds. The number of carbonyl (C=O) groups is 1. The number of oxazole rings is 1. The molecule has 0 unspecified atom stereocenters. The molecule has 0 saturated heterocycles. The van der Waals surface area contributed by atoms with Crippen LogP contribution in [0.4, 0.5) is 5.69 Å². The molecular formula is C44H34N2O6S3. The summed E-state index contributed by atoms with van der Waals surface area (Å²) in [6.07, 6.45) is 7.07. The van der Waals surface area contributed by atoms with Crippen molar-refractivity contribution in [3.05, 3.63) is 172 Å². The molecule has 0 atom stereocenters. The highest BCUT2D eigenvalue weighted by Gasteiger charge is 2.31. The van der Waals surface area contributed by atoms with Crippen LogP contribution in [0.1, 0.15) is 45.4 Å². The van der Waals surface area contributed by atoms with Crippen molar-refractivity contribution in [1.82, 2.24) is 4.57 Å². The summed E-state index contributed by atoms with van der Waals surface area (Å²) in [5.74, 6) is 1.16. The lowest BCUT2D eigenvalue weighted by Gasteiger charge is -2.29. The SMILES string of the molecule is CCCCN1C(=CC2=C([O-])C(=c3ccc(=c4ccc(=c5ccc(=c6c(=O)c(=Cc7[o+]c8ccccc8n7CCCC)c6=O)s5)s4)s3)C2=O)Oc2ccccc21. The molecule has 0 N–H and O–H groups in total. The topological polar surface area (TPSA) is 103 Å². The first-order valence-corrected chi connectivity index (χ1v) is 20.8. The molecule has 1 aliphatic heterocycles. The quantitative estimate of drug-likeness (QED) is 0.159. The molecule has 0 bridgehead atoms. The van der Waals surface area contributed by atoms with Gasteiger partial charge in [0.1, 0.15) is 0 Å². The first-order valence-electron chi connectivity index (χ1n) is 18.3. The van der Waals surface area contributed by atoms with E-state index in [-0.39, 0.29) is 44.0 Å². The third kappa shape index (κ3) is 6.03. The van der Waals surface area contributed by atoms with Gasteiger partial charge in [-0.1, -0.05) is 56.7 Å². The first-order chi connectivity index (χ1) is 26.8. The van der Waals surface area contributed by atoms with Gasteiger partial charge in [0.25, 0.3) is 0 Å². The molecular weight excluding hydrogens is 749 g/mol. The Kier molecular flexibility index (Phi) is 9.08. The Hall–Kier alpha value is -5.62. The number of ether oxygens (including phenoxy) is 1. The van der Waals surface area contributed by atoms with Crippen LogP contribution in [0.5, 0.6) is 5.75 Å². The average molecular weight is 783 g/mol. The van der Waals surface area contributed by atoms with Gasteiger partial charge in [0.15, 0.2) is 17.0 Å². The van der Waals surface area contributed by atoms with Gasteiger partial charge in [-0.05, 0) is 67.4 Å². The van der Waals surface area contributed by atoms with Crippen molar-refractivity contribution >= 4 is 68.2 Å². The fourth-order valence-electron chi connectivity index (χ4n) is 7.01. The molecule has 11 heteroatoms. The molecule has 0 spiro atoms. The van der Waals surface area contributed by atoms with Gasteiger partial charge in [-0.3, -0.25) is 19.0 Å². The van der Waals surface area contributed by atoms with Crippen molar-refractivity contribution in [1.29, 1.82) is 0 Å². The number of rotatable bonds is 8. The molecule has 3 aromatic carbocycles. The number of hydrogen-bond donors (Lipinski definition) is 0.